The average Bonchev–Trinajstić information content (AvgIpc) is 2.47. The molecule has 0 heterocycles. The van der Waals surface area contributed by atoms with Crippen LogP contribution in [0.5, 0.6) is 5.75 Å². The van der Waals surface area contributed by atoms with Gasteiger partial charge in [0.2, 0.25) is 0 Å². The van der Waals surface area contributed by atoms with E-state index in [1.165, 1.54) is 25.3 Å². The van der Waals surface area contributed by atoms with Gasteiger partial charge in [0.15, 0.2) is 0 Å². The van der Waals surface area contributed by atoms with Gasteiger partial charge in [0.1, 0.15) is 5.75 Å². The molecule has 2 aromatic carbocycles. The van der Waals surface area contributed by atoms with Crippen molar-refractivity contribution < 1.29 is 13.2 Å². The van der Waals surface area contributed by atoms with Crippen LogP contribution in [-0.2, 0) is 10.0 Å². The molecule has 0 radical (unpaired) electrons. The molecule has 0 amide bonds. The van der Waals surface area contributed by atoms with Crippen molar-refractivity contribution in [2.75, 3.05) is 30.8 Å². The molecule has 0 aliphatic heterocycles. The molecule has 0 fully saturated rings. The summed E-state index contributed by atoms with van der Waals surface area (Å²) >= 11 is 5.97. The highest BCUT2D eigenvalue weighted by molar-refractivity contribution is 7.92. The molecule has 2 aromatic rings. The number of ether oxygens (including phenoxy) is 1. The minimum atomic E-state index is -3.70. The summed E-state index contributed by atoms with van der Waals surface area (Å²) in [4.78, 5) is 2.01. The molecule has 7 heteroatoms. The van der Waals surface area contributed by atoms with Crippen molar-refractivity contribution in [3.63, 3.8) is 0 Å². The predicted molar refractivity (Wildman–Crippen MR) is 89.6 cm³/mol. The second-order valence-electron chi connectivity index (χ2n) is 4.84. The van der Waals surface area contributed by atoms with E-state index >= 15 is 0 Å². The fourth-order valence-electron chi connectivity index (χ4n) is 1.86. The van der Waals surface area contributed by atoms with E-state index in [2.05, 4.69) is 4.72 Å². The fourth-order valence-corrected chi connectivity index (χ4v) is 3.26. The summed E-state index contributed by atoms with van der Waals surface area (Å²) in [5.41, 5.74) is 1.47. The van der Waals surface area contributed by atoms with E-state index in [-0.39, 0.29) is 9.92 Å². The van der Waals surface area contributed by atoms with E-state index in [1.54, 1.807) is 12.1 Å². The Kier molecular flexibility index (Phi) is 4.83. The number of halogens is 1. The molecule has 0 unspecified atom stereocenters. The molecular formula is C15H17ClN2O3S. The summed E-state index contributed by atoms with van der Waals surface area (Å²) in [6.07, 6.45) is 0. The van der Waals surface area contributed by atoms with Gasteiger partial charge in [-0.25, -0.2) is 8.42 Å². The first-order valence-corrected chi connectivity index (χ1v) is 8.33. The fraction of sp³-hybridized carbons (Fsp3) is 0.200. The van der Waals surface area contributed by atoms with E-state index in [9.17, 15) is 8.42 Å². The number of methoxy groups -OCH3 is 1. The van der Waals surface area contributed by atoms with Gasteiger partial charge in [-0.1, -0.05) is 11.6 Å². The third kappa shape index (κ3) is 3.64. The zero-order valence-electron chi connectivity index (χ0n) is 12.5. The number of benzene rings is 2. The van der Waals surface area contributed by atoms with Gasteiger partial charge in [-0.15, -0.1) is 0 Å². The molecule has 0 spiro atoms. The van der Waals surface area contributed by atoms with Gasteiger partial charge >= 0.3 is 0 Å². The van der Waals surface area contributed by atoms with Crippen molar-refractivity contribution in [2.24, 2.45) is 0 Å². The molecule has 0 aliphatic rings. The van der Waals surface area contributed by atoms with Crippen LogP contribution in [0.4, 0.5) is 11.4 Å². The quantitative estimate of drug-likeness (QED) is 0.908. The van der Waals surface area contributed by atoms with Gasteiger partial charge in [-0.3, -0.25) is 4.72 Å². The number of hydrogen-bond acceptors (Lipinski definition) is 4. The lowest BCUT2D eigenvalue weighted by molar-refractivity contribution is 0.414. The van der Waals surface area contributed by atoms with Crippen LogP contribution in [0.3, 0.4) is 0 Å². The number of nitrogens with one attached hydrogen (secondary N) is 1. The number of rotatable bonds is 5. The topological polar surface area (TPSA) is 58.6 Å². The van der Waals surface area contributed by atoms with Gasteiger partial charge < -0.3 is 9.64 Å². The molecule has 0 bridgehead atoms. The SMILES string of the molecule is COc1ccc(S(=O)(=O)Nc2ccc(N(C)C)cc2)cc1Cl. The maximum Gasteiger partial charge on any atom is 0.261 e. The highest BCUT2D eigenvalue weighted by Gasteiger charge is 2.16. The van der Waals surface area contributed by atoms with Crippen LogP contribution in [0, 0.1) is 0 Å². The van der Waals surface area contributed by atoms with E-state index in [0.717, 1.165) is 5.69 Å². The Morgan fingerprint density at radius 2 is 1.73 bits per heavy atom. The maximum atomic E-state index is 12.4. The molecule has 0 aromatic heterocycles. The Hall–Kier alpha value is -1.92. The third-order valence-electron chi connectivity index (χ3n) is 3.07. The largest absolute Gasteiger partial charge is 0.495 e. The van der Waals surface area contributed by atoms with Crippen LogP contribution < -0.4 is 14.4 Å². The lowest BCUT2D eigenvalue weighted by atomic mass is 10.3. The lowest BCUT2D eigenvalue weighted by Crippen LogP contribution is -2.13. The molecule has 2 rings (SSSR count). The van der Waals surface area contributed by atoms with Gasteiger partial charge in [0, 0.05) is 25.5 Å². The third-order valence-corrected chi connectivity index (χ3v) is 4.74. The van der Waals surface area contributed by atoms with Crippen LogP contribution in [-0.4, -0.2) is 29.6 Å². The Bertz CT molecular complexity index is 759. The highest BCUT2D eigenvalue weighted by atomic mass is 35.5. The standard InChI is InChI=1S/C15H17ClN2O3S/c1-18(2)12-6-4-11(5-7-12)17-22(19,20)13-8-9-15(21-3)14(16)10-13/h4-10,17H,1-3H3. The lowest BCUT2D eigenvalue weighted by Gasteiger charge is -2.14. The molecule has 0 aliphatic carbocycles. The van der Waals surface area contributed by atoms with Crippen molar-refractivity contribution in [1.82, 2.24) is 0 Å². The average molecular weight is 341 g/mol. The second kappa shape index (κ2) is 6.46. The van der Waals surface area contributed by atoms with E-state index in [4.69, 9.17) is 16.3 Å². The molecule has 22 heavy (non-hydrogen) atoms. The first kappa shape index (κ1) is 16.5. The number of nitrogens with zero attached hydrogens (tertiary/aromatic N) is 1. The van der Waals surface area contributed by atoms with Gasteiger partial charge in [0.25, 0.3) is 10.0 Å². The van der Waals surface area contributed by atoms with Crippen molar-refractivity contribution in [3.8, 4) is 5.75 Å². The van der Waals surface area contributed by atoms with Crippen LogP contribution in [0.25, 0.3) is 0 Å². The minimum Gasteiger partial charge on any atom is -0.495 e. The molecule has 1 N–H and O–H groups in total. The van der Waals surface area contributed by atoms with Crippen molar-refractivity contribution in [1.29, 1.82) is 0 Å². The van der Waals surface area contributed by atoms with Crippen LogP contribution in [0.1, 0.15) is 0 Å². The smallest absolute Gasteiger partial charge is 0.261 e. The zero-order chi connectivity index (χ0) is 16.3. The zero-order valence-corrected chi connectivity index (χ0v) is 14.1. The van der Waals surface area contributed by atoms with Crippen LogP contribution in [0.2, 0.25) is 5.02 Å². The normalized spacial score (nSPS) is 11.1. The summed E-state index contributed by atoms with van der Waals surface area (Å²) in [5, 5.41) is 0.244. The van der Waals surface area contributed by atoms with Gasteiger partial charge in [-0.05, 0) is 42.5 Å². The number of hydrogen-bond donors (Lipinski definition) is 1. The second-order valence-corrected chi connectivity index (χ2v) is 6.93. The van der Waals surface area contributed by atoms with E-state index < -0.39 is 10.0 Å². The molecule has 0 saturated heterocycles. The molecule has 118 valence electrons. The van der Waals surface area contributed by atoms with Gasteiger partial charge in [-0.2, -0.15) is 0 Å². The van der Waals surface area contributed by atoms with Crippen LogP contribution >= 0.6 is 11.6 Å². The van der Waals surface area contributed by atoms with Crippen molar-refractivity contribution in [3.05, 3.63) is 47.5 Å². The van der Waals surface area contributed by atoms with Gasteiger partial charge in [0.05, 0.1) is 17.0 Å². The molecular weight excluding hydrogens is 324 g/mol. The Morgan fingerprint density at radius 3 is 2.23 bits per heavy atom. The summed E-state index contributed by atoms with van der Waals surface area (Å²) in [6, 6.07) is 11.4. The number of anilines is 2. The number of sulfonamides is 1. The Labute approximate surface area is 135 Å². The molecule has 0 atom stereocenters. The summed E-state index contributed by atoms with van der Waals surface area (Å²) in [6.45, 7) is 0. The highest BCUT2D eigenvalue weighted by Crippen LogP contribution is 2.28. The predicted octanol–water partition coefficient (Wildman–Crippen LogP) is 3.22. The summed E-state index contributed by atoms with van der Waals surface area (Å²) < 4.78 is 32.2. The van der Waals surface area contributed by atoms with E-state index in [0.29, 0.717) is 11.4 Å². The van der Waals surface area contributed by atoms with E-state index in [1.807, 2.05) is 31.1 Å². The van der Waals surface area contributed by atoms with Crippen molar-refractivity contribution in [2.45, 2.75) is 4.90 Å². The Balaban J connectivity index is 2.25. The monoisotopic (exact) mass is 340 g/mol. The minimum absolute atomic E-state index is 0.0787. The first-order valence-electron chi connectivity index (χ1n) is 6.47. The summed E-state index contributed by atoms with van der Waals surface area (Å²) in [5.74, 6) is 0.427. The molecule has 5 nitrogen and oxygen atoms in total. The molecule has 0 saturated carbocycles. The first-order chi connectivity index (χ1) is 10.3. The summed E-state index contributed by atoms with van der Waals surface area (Å²) in [7, 11) is 1.61. The Morgan fingerprint density at radius 1 is 1.09 bits per heavy atom. The maximum absolute atomic E-state index is 12.4. The van der Waals surface area contributed by atoms with Crippen LogP contribution in [0.15, 0.2) is 47.4 Å². The van der Waals surface area contributed by atoms with Crippen molar-refractivity contribution >= 4 is 33.0 Å².